The van der Waals surface area contributed by atoms with E-state index in [1.165, 1.54) is 19.7 Å². The van der Waals surface area contributed by atoms with Crippen LogP contribution in [0.5, 0.6) is 0 Å². The maximum absolute atomic E-state index is 11.0. The Bertz CT molecular complexity index is 252. The number of esters is 1. The molecule has 86 valence electrons. The molecular weight excluding hydrogens is 190 g/mol. The highest BCUT2D eigenvalue weighted by Crippen LogP contribution is 2.08. The molecule has 15 heavy (non-hydrogen) atoms. The summed E-state index contributed by atoms with van der Waals surface area (Å²) in [6.45, 7) is 11.4. The third-order valence-electron chi connectivity index (χ3n) is 1.22. The zero-order valence-corrected chi connectivity index (χ0v) is 10.3. The summed E-state index contributed by atoms with van der Waals surface area (Å²) in [4.78, 5) is 14.8. The van der Waals surface area contributed by atoms with Crippen LogP contribution in [0.25, 0.3) is 0 Å². The fraction of sp³-hybridized carbons (Fsp3) is 0.500. The molecule has 0 saturated carbocycles. The lowest BCUT2D eigenvalue weighted by Gasteiger charge is -2.01. The Morgan fingerprint density at radius 3 is 2.20 bits per heavy atom. The van der Waals surface area contributed by atoms with Crippen molar-refractivity contribution >= 4 is 12.2 Å². The van der Waals surface area contributed by atoms with E-state index in [-0.39, 0.29) is 0 Å². The minimum absolute atomic E-state index is 0.399. The molecule has 0 aromatic heterocycles. The van der Waals surface area contributed by atoms with Gasteiger partial charge >= 0.3 is 5.97 Å². The minimum atomic E-state index is -0.409. The van der Waals surface area contributed by atoms with E-state index in [2.05, 4.69) is 30.2 Å². The number of ether oxygens (including phenoxy) is 1. The fourth-order valence-electron chi connectivity index (χ4n) is 0.596. The van der Waals surface area contributed by atoms with Crippen LogP contribution < -0.4 is 0 Å². The van der Waals surface area contributed by atoms with Crippen LogP contribution in [0.3, 0.4) is 0 Å². The molecule has 0 unspecified atom stereocenters. The van der Waals surface area contributed by atoms with E-state index in [1.807, 2.05) is 0 Å². The first-order chi connectivity index (χ1) is 7.04. The summed E-state index contributed by atoms with van der Waals surface area (Å²) in [5, 5.41) is 0. The predicted molar refractivity (Wildman–Crippen MR) is 65.0 cm³/mol. The largest absolute Gasteiger partial charge is 0.465 e. The Kier molecular flexibility index (Phi) is 11.5. The molecule has 0 radical (unpaired) electrons. The van der Waals surface area contributed by atoms with Gasteiger partial charge in [-0.25, -0.2) is 4.79 Å². The molecule has 0 aliphatic heterocycles. The lowest BCUT2D eigenvalue weighted by atomic mass is 10.1. The van der Waals surface area contributed by atoms with Crippen LogP contribution in [0, 0.1) is 0 Å². The summed E-state index contributed by atoms with van der Waals surface area (Å²) < 4.78 is 4.53. The van der Waals surface area contributed by atoms with Crippen LogP contribution in [0.4, 0.5) is 0 Å². The van der Waals surface area contributed by atoms with Crippen molar-refractivity contribution in [2.45, 2.75) is 34.1 Å². The molecule has 0 bridgehead atoms. The summed E-state index contributed by atoms with van der Waals surface area (Å²) in [5.74, 6) is -0.409. The van der Waals surface area contributed by atoms with Crippen molar-refractivity contribution in [1.29, 1.82) is 0 Å². The van der Waals surface area contributed by atoms with Gasteiger partial charge in [-0.15, -0.1) is 0 Å². The molecule has 0 fully saturated rings. The van der Waals surface area contributed by atoms with Gasteiger partial charge in [0, 0.05) is 12.4 Å². The monoisotopic (exact) mass is 211 g/mol. The number of hydrogen-bond acceptors (Lipinski definition) is 3. The molecule has 0 aromatic rings. The van der Waals surface area contributed by atoms with Crippen LogP contribution in [-0.2, 0) is 9.53 Å². The van der Waals surface area contributed by atoms with Gasteiger partial charge in [-0.2, -0.15) is 0 Å². The van der Waals surface area contributed by atoms with E-state index in [0.29, 0.717) is 11.1 Å². The van der Waals surface area contributed by atoms with E-state index < -0.39 is 5.97 Å². The van der Waals surface area contributed by atoms with Crippen LogP contribution in [0.2, 0.25) is 0 Å². The summed E-state index contributed by atoms with van der Waals surface area (Å²) in [6, 6.07) is 0. The van der Waals surface area contributed by atoms with E-state index in [0.717, 1.165) is 0 Å². The lowest BCUT2D eigenvalue weighted by Crippen LogP contribution is -2.04. The zero-order chi connectivity index (χ0) is 12.3. The van der Waals surface area contributed by atoms with Crippen molar-refractivity contribution in [3.8, 4) is 0 Å². The quantitative estimate of drug-likeness (QED) is 0.311. The molecule has 0 rings (SSSR count). The second-order valence-electron chi connectivity index (χ2n) is 2.93. The normalized spacial score (nSPS) is 10.6. The number of carbonyl (C=O) groups excluding carboxylic acids is 1. The van der Waals surface area contributed by atoms with Crippen molar-refractivity contribution < 1.29 is 9.53 Å². The van der Waals surface area contributed by atoms with Crippen LogP contribution in [-0.4, -0.2) is 19.3 Å². The fourth-order valence-corrected chi connectivity index (χ4v) is 0.596. The van der Waals surface area contributed by atoms with Gasteiger partial charge < -0.3 is 4.74 Å². The van der Waals surface area contributed by atoms with Gasteiger partial charge in [0.25, 0.3) is 0 Å². The van der Waals surface area contributed by atoms with Crippen molar-refractivity contribution in [2.75, 3.05) is 7.11 Å². The number of aliphatic imine (C=N–C) groups is 1. The average Bonchev–Trinajstić information content (AvgIpc) is 2.18. The van der Waals surface area contributed by atoms with Gasteiger partial charge in [-0.05, 0) is 19.4 Å². The van der Waals surface area contributed by atoms with E-state index in [1.54, 1.807) is 20.1 Å². The van der Waals surface area contributed by atoms with E-state index in [9.17, 15) is 4.79 Å². The smallest absolute Gasteiger partial charge is 0.339 e. The van der Waals surface area contributed by atoms with Crippen molar-refractivity contribution in [3.63, 3.8) is 0 Å². The van der Waals surface area contributed by atoms with Crippen molar-refractivity contribution in [3.05, 3.63) is 23.9 Å². The maximum atomic E-state index is 11.0. The summed E-state index contributed by atoms with van der Waals surface area (Å²) in [5.41, 5.74) is 1.04. The minimum Gasteiger partial charge on any atom is -0.465 e. The molecule has 0 N–H and O–H groups in total. The Labute approximate surface area is 92.6 Å². The van der Waals surface area contributed by atoms with Crippen molar-refractivity contribution in [2.24, 2.45) is 4.99 Å². The molecule has 3 nitrogen and oxygen atoms in total. The molecule has 0 aromatic carbocycles. The van der Waals surface area contributed by atoms with Crippen molar-refractivity contribution in [1.82, 2.24) is 0 Å². The van der Waals surface area contributed by atoms with E-state index >= 15 is 0 Å². The van der Waals surface area contributed by atoms with Gasteiger partial charge in [0.1, 0.15) is 0 Å². The number of rotatable bonds is 3. The number of methoxy groups -OCH3 is 1. The Morgan fingerprint density at radius 2 is 1.93 bits per heavy atom. The molecule has 0 heterocycles. The second-order valence-corrected chi connectivity index (χ2v) is 2.93. The molecule has 0 aliphatic rings. The molecule has 0 amide bonds. The van der Waals surface area contributed by atoms with Gasteiger partial charge in [0.15, 0.2) is 0 Å². The van der Waals surface area contributed by atoms with Crippen LogP contribution in [0.1, 0.15) is 34.1 Å². The maximum Gasteiger partial charge on any atom is 0.339 e. The van der Waals surface area contributed by atoms with Gasteiger partial charge in [-0.1, -0.05) is 26.8 Å². The first-order valence-corrected chi connectivity index (χ1v) is 4.97. The molecular formula is C12H21NO2. The summed E-state index contributed by atoms with van der Waals surface area (Å²) in [6.07, 6.45) is 4.28. The second kappa shape index (κ2) is 10.7. The van der Waals surface area contributed by atoms with Crippen LogP contribution >= 0.6 is 0 Å². The first kappa shape index (κ1) is 16.1. The van der Waals surface area contributed by atoms with Gasteiger partial charge in [0.2, 0.25) is 0 Å². The van der Waals surface area contributed by atoms with Gasteiger partial charge in [0.05, 0.1) is 12.7 Å². The standard InChI is InChI=1S/C9H13NO2.C3H8/c1-5-10-6-8(7(2)3)9(11)12-4;1-3-2/h5-6H,2H2,1,3-4H3;3H2,1-2H3/b8-6+,10-5?;. The molecule has 0 spiro atoms. The van der Waals surface area contributed by atoms with E-state index in [4.69, 9.17) is 0 Å². The highest BCUT2D eigenvalue weighted by Gasteiger charge is 2.08. The predicted octanol–water partition coefficient (Wildman–Crippen LogP) is 3.13. The Balaban J connectivity index is 0. The summed E-state index contributed by atoms with van der Waals surface area (Å²) in [7, 11) is 1.33. The summed E-state index contributed by atoms with van der Waals surface area (Å²) >= 11 is 0. The number of nitrogens with zero attached hydrogens (tertiary/aromatic N) is 1. The lowest BCUT2D eigenvalue weighted by molar-refractivity contribution is -0.135. The SMILES string of the molecule is C=C(C)/C(=C\N=CC)C(=O)OC.CCC. The Hall–Kier alpha value is -1.38. The molecule has 0 atom stereocenters. The average molecular weight is 211 g/mol. The number of carbonyl (C=O) groups is 1. The first-order valence-electron chi connectivity index (χ1n) is 4.97. The number of hydrogen-bond donors (Lipinski definition) is 0. The highest BCUT2D eigenvalue weighted by atomic mass is 16.5. The topological polar surface area (TPSA) is 38.7 Å². The van der Waals surface area contributed by atoms with Crippen LogP contribution in [0.15, 0.2) is 28.9 Å². The highest BCUT2D eigenvalue weighted by molar-refractivity contribution is 5.92. The molecule has 0 aliphatic carbocycles. The Morgan fingerprint density at radius 1 is 1.47 bits per heavy atom. The third kappa shape index (κ3) is 8.94. The molecule has 3 heteroatoms. The zero-order valence-electron chi connectivity index (χ0n) is 10.3. The third-order valence-corrected chi connectivity index (χ3v) is 1.22. The molecule has 0 saturated heterocycles. The van der Waals surface area contributed by atoms with Gasteiger partial charge in [-0.3, -0.25) is 4.99 Å².